The molecule has 184 valence electrons. The molecule has 3 aliphatic rings. The maximum absolute atomic E-state index is 13.0. The number of nitrogens with two attached hydrogens (primary N) is 1. The molecule has 0 bridgehead atoms. The second-order valence-corrected chi connectivity index (χ2v) is 9.91. The summed E-state index contributed by atoms with van der Waals surface area (Å²) in [6.45, 7) is 4.15. The van der Waals surface area contributed by atoms with E-state index in [4.69, 9.17) is 15.5 Å². The number of aliphatic hydroxyl groups is 1. The van der Waals surface area contributed by atoms with Crippen molar-refractivity contribution >= 4 is 28.6 Å². The van der Waals surface area contributed by atoms with Crippen molar-refractivity contribution < 1.29 is 14.6 Å². The first-order chi connectivity index (χ1) is 16.4. The number of likely N-dealkylation sites (tertiary alicyclic amines) is 1. The van der Waals surface area contributed by atoms with Crippen LogP contribution in [0.15, 0.2) is 11.0 Å². The molecule has 10 heteroatoms. The van der Waals surface area contributed by atoms with Crippen molar-refractivity contribution in [2.45, 2.75) is 70.1 Å². The van der Waals surface area contributed by atoms with Gasteiger partial charge < -0.3 is 25.8 Å². The molecule has 1 amide bonds. The maximum atomic E-state index is 13.0. The number of nitrogens with one attached hydrogen (secondary N) is 1. The highest BCUT2D eigenvalue weighted by Crippen LogP contribution is 2.30. The van der Waals surface area contributed by atoms with Crippen molar-refractivity contribution in [3.63, 3.8) is 0 Å². The highest BCUT2D eigenvalue weighted by molar-refractivity contribution is 5.89. The zero-order chi connectivity index (χ0) is 23.8. The van der Waals surface area contributed by atoms with Gasteiger partial charge in [-0.25, -0.2) is 4.98 Å². The summed E-state index contributed by atoms with van der Waals surface area (Å²) in [6, 6.07) is 0.108. The highest BCUT2D eigenvalue weighted by Gasteiger charge is 2.31. The van der Waals surface area contributed by atoms with E-state index in [1.54, 1.807) is 17.7 Å². The number of ether oxygens (including phenoxy) is 1. The molecule has 2 saturated heterocycles. The molecule has 2 aromatic rings. The molecule has 0 unspecified atom stereocenters. The summed E-state index contributed by atoms with van der Waals surface area (Å²) in [6.07, 6.45) is 6.87. The number of aliphatic hydroxyl groups excluding tert-OH is 1. The Morgan fingerprint density at radius 2 is 1.91 bits per heavy atom. The minimum absolute atomic E-state index is 0.0427. The minimum Gasteiger partial charge on any atom is -0.398 e. The Balaban J connectivity index is 1.29. The van der Waals surface area contributed by atoms with Crippen molar-refractivity contribution in [3.05, 3.63) is 22.1 Å². The lowest BCUT2D eigenvalue weighted by Gasteiger charge is -2.35. The number of carbonyl (C=O) groups is 1. The van der Waals surface area contributed by atoms with Crippen molar-refractivity contribution in [2.24, 2.45) is 5.92 Å². The van der Waals surface area contributed by atoms with Gasteiger partial charge >= 0.3 is 0 Å². The standard InChI is InChI=1S/C24H34N6O4/c1-14-20(25)19-12-26-24(28-21(19)30(22(14)32)17-8-11-34-13-17)27-16-4-2-15(3-5-16)23(33)29-9-6-18(31)7-10-29/h12,15-18,31H,2-11,13,25H2,1H3,(H,26,27,28)/t15-,16-,17-/m1/s1. The van der Waals surface area contributed by atoms with Crippen molar-refractivity contribution in [1.82, 2.24) is 19.4 Å². The zero-order valence-electron chi connectivity index (χ0n) is 19.7. The smallest absolute Gasteiger partial charge is 0.257 e. The van der Waals surface area contributed by atoms with E-state index in [2.05, 4.69) is 10.3 Å². The van der Waals surface area contributed by atoms with Crippen LogP contribution in [0.25, 0.3) is 11.0 Å². The van der Waals surface area contributed by atoms with Gasteiger partial charge in [-0.3, -0.25) is 14.2 Å². The molecule has 4 N–H and O–H groups in total. The fraction of sp³-hybridized carbons (Fsp3) is 0.667. The van der Waals surface area contributed by atoms with Gasteiger partial charge in [-0.05, 0) is 51.9 Å². The highest BCUT2D eigenvalue weighted by atomic mass is 16.5. The van der Waals surface area contributed by atoms with Crippen molar-refractivity contribution in [2.75, 3.05) is 37.4 Å². The third-order valence-corrected chi connectivity index (χ3v) is 7.69. The van der Waals surface area contributed by atoms with Crippen LogP contribution in [0.5, 0.6) is 0 Å². The van der Waals surface area contributed by atoms with Crippen LogP contribution in [0, 0.1) is 12.8 Å². The SMILES string of the molecule is Cc1c(N)c2cnc(N[C@H]3CC[C@H](C(=O)N4CCC(O)CC4)CC3)nc2n([C@@H]2CCOC2)c1=O. The van der Waals surface area contributed by atoms with Crippen LogP contribution in [0.2, 0.25) is 0 Å². The molecule has 0 spiro atoms. The number of nitrogens with zero attached hydrogens (tertiary/aromatic N) is 4. The largest absolute Gasteiger partial charge is 0.398 e. The summed E-state index contributed by atoms with van der Waals surface area (Å²) in [4.78, 5) is 37.0. The van der Waals surface area contributed by atoms with Crippen molar-refractivity contribution in [3.8, 4) is 0 Å². The number of hydrogen-bond acceptors (Lipinski definition) is 8. The maximum Gasteiger partial charge on any atom is 0.257 e. The van der Waals surface area contributed by atoms with Gasteiger partial charge in [0.2, 0.25) is 11.9 Å². The molecule has 10 nitrogen and oxygen atoms in total. The summed E-state index contributed by atoms with van der Waals surface area (Å²) in [5.74, 6) is 0.740. The van der Waals surface area contributed by atoms with Crippen LogP contribution < -0.4 is 16.6 Å². The molecule has 3 fully saturated rings. The molecule has 2 aliphatic heterocycles. The van der Waals surface area contributed by atoms with Gasteiger partial charge in [0.05, 0.1) is 29.8 Å². The molecular formula is C24H34N6O4. The predicted molar refractivity (Wildman–Crippen MR) is 129 cm³/mol. The fourth-order valence-corrected chi connectivity index (χ4v) is 5.49. The third-order valence-electron chi connectivity index (χ3n) is 7.69. The number of aromatic nitrogens is 3. The number of piperidine rings is 1. The van der Waals surface area contributed by atoms with E-state index in [9.17, 15) is 14.7 Å². The number of fused-ring (bicyclic) bond motifs is 1. The number of rotatable bonds is 4. The molecule has 1 saturated carbocycles. The predicted octanol–water partition coefficient (Wildman–Crippen LogP) is 1.60. The van der Waals surface area contributed by atoms with Gasteiger partial charge in [-0.1, -0.05) is 0 Å². The van der Waals surface area contributed by atoms with E-state index in [0.717, 1.165) is 32.1 Å². The van der Waals surface area contributed by atoms with E-state index >= 15 is 0 Å². The van der Waals surface area contributed by atoms with E-state index in [-0.39, 0.29) is 35.6 Å². The van der Waals surface area contributed by atoms with Gasteiger partial charge in [-0.2, -0.15) is 4.98 Å². The van der Waals surface area contributed by atoms with Crippen LogP contribution >= 0.6 is 0 Å². The number of anilines is 2. The Labute approximate surface area is 198 Å². The summed E-state index contributed by atoms with van der Waals surface area (Å²) >= 11 is 0. The molecule has 0 radical (unpaired) electrons. The second kappa shape index (κ2) is 9.50. The summed E-state index contributed by atoms with van der Waals surface area (Å²) in [5.41, 5.74) is 7.58. The van der Waals surface area contributed by atoms with Crippen LogP contribution in [0.1, 0.15) is 56.6 Å². The lowest BCUT2D eigenvalue weighted by atomic mass is 9.85. The van der Waals surface area contributed by atoms with Gasteiger partial charge in [0.15, 0.2) is 5.65 Å². The molecule has 34 heavy (non-hydrogen) atoms. The monoisotopic (exact) mass is 470 g/mol. The zero-order valence-corrected chi connectivity index (χ0v) is 19.7. The Morgan fingerprint density at radius 1 is 1.18 bits per heavy atom. The second-order valence-electron chi connectivity index (χ2n) is 9.91. The van der Waals surface area contributed by atoms with E-state index in [1.165, 1.54) is 0 Å². The molecule has 1 atom stereocenters. The normalized spacial score (nSPS) is 26.2. The Bertz CT molecular complexity index is 1110. The number of pyridine rings is 1. The quantitative estimate of drug-likeness (QED) is 0.613. The number of hydrogen-bond donors (Lipinski definition) is 3. The van der Waals surface area contributed by atoms with E-state index < -0.39 is 0 Å². The van der Waals surface area contributed by atoms with Gasteiger partial charge in [-0.15, -0.1) is 0 Å². The van der Waals surface area contributed by atoms with Crippen molar-refractivity contribution in [1.29, 1.82) is 0 Å². The average molecular weight is 471 g/mol. The summed E-state index contributed by atoms with van der Waals surface area (Å²) in [7, 11) is 0. The third kappa shape index (κ3) is 4.36. The van der Waals surface area contributed by atoms with Crippen LogP contribution in [0.3, 0.4) is 0 Å². The van der Waals surface area contributed by atoms with E-state index in [1.807, 2.05) is 4.90 Å². The first-order valence-electron chi connectivity index (χ1n) is 12.4. The Morgan fingerprint density at radius 3 is 2.59 bits per heavy atom. The molecule has 1 aliphatic carbocycles. The van der Waals surface area contributed by atoms with E-state index in [0.29, 0.717) is 67.4 Å². The topological polar surface area (TPSA) is 136 Å². The lowest BCUT2D eigenvalue weighted by molar-refractivity contribution is -0.138. The number of carbonyl (C=O) groups excluding carboxylic acids is 1. The molecule has 4 heterocycles. The summed E-state index contributed by atoms with van der Waals surface area (Å²) < 4.78 is 7.24. The van der Waals surface area contributed by atoms with Gasteiger partial charge in [0.25, 0.3) is 5.56 Å². The fourth-order valence-electron chi connectivity index (χ4n) is 5.49. The Hall–Kier alpha value is -2.72. The Kier molecular flexibility index (Phi) is 6.44. The average Bonchev–Trinajstić information content (AvgIpc) is 3.38. The first-order valence-corrected chi connectivity index (χ1v) is 12.4. The van der Waals surface area contributed by atoms with Crippen LogP contribution in [-0.2, 0) is 9.53 Å². The molecule has 5 rings (SSSR count). The molecule has 2 aromatic heterocycles. The molecular weight excluding hydrogens is 436 g/mol. The molecule has 0 aromatic carbocycles. The van der Waals surface area contributed by atoms with Gasteiger partial charge in [0, 0.05) is 43.4 Å². The van der Waals surface area contributed by atoms with Gasteiger partial charge in [0.1, 0.15) is 0 Å². The lowest BCUT2D eigenvalue weighted by Crippen LogP contribution is -2.44. The minimum atomic E-state index is -0.275. The van der Waals surface area contributed by atoms with Crippen LogP contribution in [-0.4, -0.2) is 68.9 Å². The number of nitrogen functional groups attached to an aromatic ring is 1. The van der Waals surface area contributed by atoms with Crippen LogP contribution in [0.4, 0.5) is 11.6 Å². The first kappa shape index (κ1) is 23.0. The summed E-state index contributed by atoms with van der Waals surface area (Å²) in [5, 5.41) is 13.8. The number of amides is 1.